The minimum absolute atomic E-state index is 0.0343. The van der Waals surface area contributed by atoms with Gasteiger partial charge < -0.3 is 5.11 Å². The highest BCUT2D eigenvalue weighted by Gasteiger charge is 2.38. The Morgan fingerprint density at radius 2 is 2.06 bits per heavy atom. The molecule has 0 unspecified atom stereocenters. The molecule has 0 aliphatic heterocycles. The Morgan fingerprint density at radius 1 is 1.50 bits per heavy atom. The average Bonchev–Trinajstić information content (AvgIpc) is 2.40. The molecule has 92 valence electrons. The van der Waals surface area contributed by atoms with Crippen molar-refractivity contribution in [2.45, 2.75) is 32.0 Å². The third-order valence-corrected chi connectivity index (χ3v) is 2.62. The molecule has 0 aliphatic rings. The van der Waals surface area contributed by atoms with E-state index in [0.29, 0.717) is 0 Å². The van der Waals surface area contributed by atoms with Crippen molar-refractivity contribution in [1.82, 2.24) is 9.78 Å². The third-order valence-electron chi connectivity index (χ3n) is 2.15. The lowest BCUT2D eigenvalue weighted by Gasteiger charge is -2.07. The molecule has 0 amide bonds. The highest BCUT2D eigenvalue weighted by molar-refractivity contribution is 6.30. The number of alkyl halides is 3. The molecule has 0 radical (unpaired) electrons. The zero-order chi connectivity index (χ0) is 12.5. The molecular weight excluding hydrogens is 245 g/mol. The fourth-order valence-corrected chi connectivity index (χ4v) is 1.57. The van der Waals surface area contributed by atoms with Crippen molar-refractivity contribution >= 4 is 11.6 Å². The van der Waals surface area contributed by atoms with Gasteiger partial charge in [0.05, 0.1) is 6.10 Å². The quantitative estimate of drug-likeness (QED) is 0.902. The minimum Gasteiger partial charge on any atom is -0.393 e. The molecule has 1 N–H and O–H groups in total. The van der Waals surface area contributed by atoms with Gasteiger partial charge in [-0.25, -0.2) is 0 Å². The fourth-order valence-electron chi connectivity index (χ4n) is 1.35. The number of aliphatic hydroxyl groups excluding tert-OH is 1. The van der Waals surface area contributed by atoms with Crippen LogP contribution in [0, 0.1) is 0 Å². The van der Waals surface area contributed by atoms with Crippen molar-refractivity contribution in [2.24, 2.45) is 7.05 Å². The monoisotopic (exact) mass is 256 g/mol. The largest absolute Gasteiger partial charge is 0.435 e. The van der Waals surface area contributed by atoms with Crippen LogP contribution in [0.4, 0.5) is 13.2 Å². The summed E-state index contributed by atoms with van der Waals surface area (Å²) in [6.07, 6.45) is -4.91. The predicted octanol–water partition coefficient (Wildman–Crippen LogP) is 2.41. The Morgan fingerprint density at radius 3 is 2.50 bits per heavy atom. The second-order valence-electron chi connectivity index (χ2n) is 3.63. The molecule has 0 saturated heterocycles. The van der Waals surface area contributed by atoms with Gasteiger partial charge in [0.15, 0.2) is 5.69 Å². The van der Waals surface area contributed by atoms with E-state index in [4.69, 9.17) is 16.7 Å². The van der Waals surface area contributed by atoms with Crippen LogP contribution in [0.5, 0.6) is 0 Å². The molecule has 1 aromatic heterocycles. The summed E-state index contributed by atoms with van der Waals surface area (Å²) in [5.41, 5.74) is -1.03. The standard InChI is InChI=1S/C9H12ClF3N2O/c1-5(16)3-4-6-7(9(11,12)13)14-15(2)8(6)10/h5,16H,3-4H2,1-2H3/t5-/m0/s1. The third kappa shape index (κ3) is 2.89. The van der Waals surface area contributed by atoms with E-state index in [9.17, 15) is 13.2 Å². The smallest absolute Gasteiger partial charge is 0.393 e. The zero-order valence-corrected chi connectivity index (χ0v) is 9.60. The maximum atomic E-state index is 12.6. The van der Waals surface area contributed by atoms with Crippen molar-refractivity contribution < 1.29 is 18.3 Å². The Labute approximate surface area is 95.8 Å². The summed E-state index contributed by atoms with van der Waals surface area (Å²) in [6, 6.07) is 0. The first-order chi connectivity index (χ1) is 7.23. The van der Waals surface area contributed by atoms with Crippen LogP contribution < -0.4 is 0 Å². The lowest BCUT2D eigenvalue weighted by molar-refractivity contribution is -0.142. The first-order valence-corrected chi connectivity index (χ1v) is 5.08. The van der Waals surface area contributed by atoms with E-state index in [1.165, 1.54) is 14.0 Å². The molecule has 0 spiro atoms. The molecule has 1 rings (SSSR count). The van der Waals surface area contributed by atoms with E-state index >= 15 is 0 Å². The normalized spacial score (nSPS) is 14.2. The Hall–Kier alpha value is -0.750. The van der Waals surface area contributed by atoms with E-state index in [1.54, 1.807) is 0 Å². The highest BCUT2D eigenvalue weighted by Crippen LogP contribution is 2.34. The Balaban J connectivity index is 3.05. The van der Waals surface area contributed by atoms with Crippen molar-refractivity contribution in [3.05, 3.63) is 16.4 Å². The van der Waals surface area contributed by atoms with Crippen molar-refractivity contribution in [2.75, 3.05) is 0 Å². The number of hydrogen-bond donors (Lipinski definition) is 1. The van der Waals surface area contributed by atoms with Gasteiger partial charge in [0.1, 0.15) is 5.15 Å². The van der Waals surface area contributed by atoms with Gasteiger partial charge in [-0.15, -0.1) is 0 Å². The van der Waals surface area contributed by atoms with Crippen LogP contribution in [0.2, 0.25) is 5.15 Å². The molecule has 0 aliphatic carbocycles. The molecule has 1 aromatic rings. The van der Waals surface area contributed by atoms with Gasteiger partial charge in [0, 0.05) is 12.6 Å². The minimum atomic E-state index is -4.51. The molecular formula is C9H12ClF3N2O. The maximum Gasteiger partial charge on any atom is 0.435 e. The molecule has 3 nitrogen and oxygen atoms in total. The maximum absolute atomic E-state index is 12.6. The van der Waals surface area contributed by atoms with Gasteiger partial charge in [-0.05, 0) is 19.8 Å². The van der Waals surface area contributed by atoms with Crippen LogP contribution in [-0.2, 0) is 19.6 Å². The van der Waals surface area contributed by atoms with Gasteiger partial charge >= 0.3 is 6.18 Å². The molecule has 0 bridgehead atoms. The van der Waals surface area contributed by atoms with Crippen molar-refractivity contribution in [3.63, 3.8) is 0 Å². The molecule has 16 heavy (non-hydrogen) atoms. The number of halogens is 4. The summed E-state index contributed by atoms with van der Waals surface area (Å²) in [5, 5.41) is 12.4. The van der Waals surface area contributed by atoms with Crippen LogP contribution in [0.25, 0.3) is 0 Å². The number of aromatic nitrogens is 2. The number of aryl methyl sites for hydroxylation is 1. The predicted molar refractivity (Wildman–Crippen MR) is 53.2 cm³/mol. The second-order valence-corrected chi connectivity index (χ2v) is 3.99. The first-order valence-electron chi connectivity index (χ1n) is 4.70. The topological polar surface area (TPSA) is 38.1 Å². The average molecular weight is 257 g/mol. The van der Waals surface area contributed by atoms with E-state index in [-0.39, 0.29) is 23.6 Å². The van der Waals surface area contributed by atoms with Crippen molar-refractivity contribution in [1.29, 1.82) is 0 Å². The van der Waals surface area contributed by atoms with Gasteiger partial charge in [0.25, 0.3) is 0 Å². The summed E-state index contributed by atoms with van der Waals surface area (Å²) in [4.78, 5) is 0. The van der Waals surface area contributed by atoms with Crippen molar-refractivity contribution in [3.8, 4) is 0 Å². The summed E-state index contributed by atoms with van der Waals surface area (Å²) >= 11 is 5.72. The van der Waals surface area contributed by atoms with Crippen LogP contribution in [0.1, 0.15) is 24.6 Å². The Bertz CT molecular complexity index is 374. The van der Waals surface area contributed by atoms with Gasteiger partial charge in [-0.1, -0.05) is 11.6 Å². The Kier molecular flexibility index (Phi) is 3.85. The number of nitrogens with zero attached hydrogens (tertiary/aromatic N) is 2. The van der Waals surface area contributed by atoms with E-state index in [1.807, 2.05) is 0 Å². The lowest BCUT2D eigenvalue weighted by Crippen LogP contribution is -2.11. The van der Waals surface area contributed by atoms with E-state index in [2.05, 4.69) is 5.10 Å². The van der Waals surface area contributed by atoms with Gasteiger partial charge in [0.2, 0.25) is 0 Å². The summed E-state index contributed by atoms with van der Waals surface area (Å²) in [5.74, 6) is 0. The van der Waals surface area contributed by atoms with Crippen LogP contribution in [-0.4, -0.2) is 21.0 Å². The van der Waals surface area contributed by atoms with Crippen LogP contribution in [0.3, 0.4) is 0 Å². The summed E-state index contributed by atoms with van der Waals surface area (Å²) in [7, 11) is 1.35. The van der Waals surface area contributed by atoms with E-state index < -0.39 is 18.0 Å². The van der Waals surface area contributed by atoms with Gasteiger partial charge in [-0.2, -0.15) is 18.3 Å². The second kappa shape index (κ2) is 4.63. The number of rotatable bonds is 3. The lowest BCUT2D eigenvalue weighted by atomic mass is 10.1. The zero-order valence-electron chi connectivity index (χ0n) is 8.85. The van der Waals surface area contributed by atoms with Crippen LogP contribution in [0.15, 0.2) is 0 Å². The molecule has 1 heterocycles. The molecule has 0 saturated carbocycles. The summed E-state index contributed by atoms with van der Waals surface area (Å²) in [6.45, 7) is 1.51. The molecule has 0 aromatic carbocycles. The van der Waals surface area contributed by atoms with E-state index in [0.717, 1.165) is 4.68 Å². The van der Waals surface area contributed by atoms with Gasteiger partial charge in [-0.3, -0.25) is 4.68 Å². The van der Waals surface area contributed by atoms with Crippen LogP contribution >= 0.6 is 11.6 Å². The fraction of sp³-hybridized carbons (Fsp3) is 0.667. The molecule has 0 fully saturated rings. The SMILES string of the molecule is C[C@H](O)CCc1c(C(F)(F)F)nn(C)c1Cl. The highest BCUT2D eigenvalue weighted by atomic mass is 35.5. The summed E-state index contributed by atoms with van der Waals surface area (Å²) < 4.78 is 38.7. The first kappa shape index (κ1) is 13.3. The molecule has 1 atom stereocenters. The number of hydrogen-bond acceptors (Lipinski definition) is 2. The molecule has 7 heteroatoms. The number of aliphatic hydroxyl groups is 1.